The van der Waals surface area contributed by atoms with Crippen LogP contribution in [0.1, 0.15) is 12.8 Å². The monoisotopic (exact) mass is 268 g/mol. The van der Waals surface area contributed by atoms with E-state index in [0.29, 0.717) is 25.9 Å². The number of esters is 1. The number of hydrogen-bond donors (Lipinski definition) is 1. The molecule has 6 nitrogen and oxygen atoms in total. The molecule has 0 unspecified atom stereocenters. The van der Waals surface area contributed by atoms with Gasteiger partial charge in [0.2, 0.25) is 0 Å². The van der Waals surface area contributed by atoms with Crippen molar-refractivity contribution in [1.82, 2.24) is 10.2 Å². The first-order chi connectivity index (χ1) is 9.20. The highest BCUT2D eigenvalue weighted by Gasteiger charge is 2.30. The number of nitrogens with one attached hydrogen (secondary N) is 1. The van der Waals surface area contributed by atoms with E-state index in [1.807, 2.05) is 0 Å². The fraction of sp³-hybridized carbons (Fsp3) is 0.692. The van der Waals surface area contributed by atoms with Crippen LogP contribution >= 0.6 is 0 Å². The van der Waals surface area contributed by atoms with E-state index in [1.54, 1.807) is 11.0 Å². The number of rotatable bonds is 4. The van der Waals surface area contributed by atoms with Gasteiger partial charge in [-0.2, -0.15) is 0 Å². The fourth-order valence-electron chi connectivity index (χ4n) is 2.12. The number of carbonyl (C=O) groups excluding carboxylic acids is 2. The van der Waals surface area contributed by atoms with Gasteiger partial charge in [-0.3, -0.25) is 4.79 Å². The highest BCUT2D eigenvalue weighted by molar-refractivity contribution is 5.73. The van der Waals surface area contributed by atoms with E-state index in [4.69, 9.17) is 9.47 Å². The van der Waals surface area contributed by atoms with E-state index in [1.165, 1.54) is 0 Å². The lowest BCUT2D eigenvalue weighted by molar-refractivity contribution is -0.148. The minimum atomic E-state index is -0.274. The van der Waals surface area contributed by atoms with Crippen molar-refractivity contribution >= 4 is 12.1 Å². The highest BCUT2D eigenvalue weighted by Crippen LogP contribution is 2.19. The maximum Gasteiger partial charge on any atom is 0.410 e. The Labute approximate surface area is 112 Å². The van der Waals surface area contributed by atoms with Crippen LogP contribution < -0.4 is 5.32 Å². The molecule has 19 heavy (non-hydrogen) atoms. The standard InChI is InChI=1S/C13H20N2O4/c1-2-7-18-12(16)10-3-5-15(6-4-10)13(17)19-11-8-14-9-11/h2,10-11,14H,1,3-9H2. The van der Waals surface area contributed by atoms with Crippen molar-refractivity contribution < 1.29 is 19.1 Å². The number of ether oxygens (including phenoxy) is 2. The minimum absolute atomic E-state index is 0.00257. The quantitative estimate of drug-likeness (QED) is 0.595. The van der Waals surface area contributed by atoms with Gasteiger partial charge in [-0.15, -0.1) is 0 Å². The van der Waals surface area contributed by atoms with Crippen molar-refractivity contribution in [1.29, 1.82) is 0 Å². The van der Waals surface area contributed by atoms with Crippen molar-refractivity contribution in [2.75, 3.05) is 32.8 Å². The number of likely N-dealkylation sites (tertiary alicyclic amines) is 1. The Kier molecular flexibility index (Phi) is 4.79. The largest absolute Gasteiger partial charge is 0.461 e. The molecule has 1 N–H and O–H groups in total. The van der Waals surface area contributed by atoms with Crippen molar-refractivity contribution in [3.63, 3.8) is 0 Å². The van der Waals surface area contributed by atoms with Crippen LogP contribution in [0.5, 0.6) is 0 Å². The number of nitrogens with zero attached hydrogens (tertiary/aromatic N) is 1. The molecule has 0 aromatic rings. The van der Waals surface area contributed by atoms with Crippen LogP contribution in [0, 0.1) is 5.92 Å². The predicted octanol–water partition coefficient (Wildman–Crippen LogP) is 0.536. The molecule has 0 radical (unpaired) electrons. The second-order valence-electron chi connectivity index (χ2n) is 4.84. The first-order valence-corrected chi connectivity index (χ1v) is 6.64. The zero-order chi connectivity index (χ0) is 13.7. The molecule has 106 valence electrons. The summed E-state index contributed by atoms with van der Waals surface area (Å²) in [6, 6.07) is 0. The molecule has 1 amide bonds. The third kappa shape index (κ3) is 3.70. The Balaban J connectivity index is 1.70. The molecule has 2 saturated heterocycles. The molecule has 6 heteroatoms. The van der Waals surface area contributed by atoms with Crippen LogP contribution in [0.3, 0.4) is 0 Å². The lowest BCUT2D eigenvalue weighted by Gasteiger charge is -2.33. The normalized spacial score (nSPS) is 20.5. The van der Waals surface area contributed by atoms with E-state index in [0.717, 1.165) is 13.1 Å². The molecule has 0 bridgehead atoms. The summed E-state index contributed by atoms with van der Waals surface area (Å²) in [7, 11) is 0. The molecule has 2 rings (SSSR count). The third-order valence-electron chi connectivity index (χ3n) is 3.44. The van der Waals surface area contributed by atoms with E-state index < -0.39 is 0 Å². The SMILES string of the molecule is C=CCOC(=O)C1CCN(C(=O)OC2CNC2)CC1. The maximum absolute atomic E-state index is 11.8. The second-order valence-corrected chi connectivity index (χ2v) is 4.84. The topological polar surface area (TPSA) is 67.9 Å². The molecule has 0 aliphatic carbocycles. The summed E-state index contributed by atoms with van der Waals surface area (Å²) in [4.78, 5) is 25.1. The van der Waals surface area contributed by atoms with Gasteiger partial charge in [0.25, 0.3) is 0 Å². The average molecular weight is 268 g/mol. The van der Waals surface area contributed by atoms with Crippen LogP contribution in [-0.4, -0.2) is 55.9 Å². The molecule has 2 aliphatic rings. The number of hydrogen-bond acceptors (Lipinski definition) is 5. The Morgan fingerprint density at radius 3 is 2.53 bits per heavy atom. The summed E-state index contributed by atoms with van der Waals surface area (Å²) in [5.74, 6) is -0.314. The molecule has 0 atom stereocenters. The highest BCUT2D eigenvalue weighted by atomic mass is 16.6. The Hall–Kier alpha value is -1.56. The van der Waals surface area contributed by atoms with Crippen molar-refractivity contribution in [2.45, 2.75) is 18.9 Å². The molecule has 0 aromatic carbocycles. The van der Waals surface area contributed by atoms with Gasteiger partial charge in [0, 0.05) is 26.2 Å². The van der Waals surface area contributed by atoms with Crippen LogP contribution in [0.4, 0.5) is 4.79 Å². The van der Waals surface area contributed by atoms with E-state index in [9.17, 15) is 9.59 Å². The van der Waals surface area contributed by atoms with Crippen LogP contribution in [0.15, 0.2) is 12.7 Å². The average Bonchev–Trinajstić information content (AvgIpc) is 2.40. The van der Waals surface area contributed by atoms with Gasteiger partial charge < -0.3 is 19.7 Å². The Bertz CT molecular complexity index is 347. The zero-order valence-electron chi connectivity index (χ0n) is 11.0. The van der Waals surface area contributed by atoms with E-state index in [2.05, 4.69) is 11.9 Å². The molecular formula is C13H20N2O4. The molecule has 0 saturated carbocycles. The molecule has 0 spiro atoms. The molecular weight excluding hydrogens is 248 g/mol. The summed E-state index contributed by atoms with van der Waals surface area (Å²) >= 11 is 0. The maximum atomic E-state index is 11.8. The lowest BCUT2D eigenvalue weighted by Crippen LogP contribution is -2.52. The van der Waals surface area contributed by atoms with Crippen molar-refractivity contribution in [3.05, 3.63) is 12.7 Å². The van der Waals surface area contributed by atoms with Gasteiger partial charge in [0.1, 0.15) is 12.7 Å². The summed E-state index contributed by atoms with van der Waals surface area (Å²) in [6.45, 7) is 6.31. The van der Waals surface area contributed by atoms with Crippen molar-refractivity contribution in [3.8, 4) is 0 Å². The van der Waals surface area contributed by atoms with E-state index in [-0.39, 0.29) is 30.7 Å². The van der Waals surface area contributed by atoms with Crippen LogP contribution in [0.2, 0.25) is 0 Å². The predicted molar refractivity (Wildman–Crippen MR) is 68.6 cm³/mol. The third-order valence-corrected chi connectivity index (χ3v) is 3.44. The van der Waals surface area contributed by atoms with Gasteiger partial charge in [-0.1, -0.05) is 12.7 Å². The fourth-order valence-corrected chi connectivity index (χ4v) is 2.12. The van der Waals surface area contributed by atoms with Gasteiger partial charge in [-0.25, -0.2) is 4.79 Å². The second kappa shape index (κ2) is 6.56. The Morgan fingerprint density at radius 2 is 2.00 bits per heavy atom. The van der Waals surface area contributed by atoms with E-state index >= 15 is 0 Å². The van der Waals surface area contributed by atoms with Crippen LogP contribution in [0.25, 0.3) is 0 Å². The van der Waals surface area contributed by atoms with Crippen molar-refractivity contribution in [2.24, 2.45) is 5.92 Å². The summed E-state index contributed by atoms with van der Waals surface area (Å²) in [5, 5.41) is 3.05. The number of piperidine rings is 1. The number of amides is 1. The smallest absolute Gasteiger partial charge is 0.410 e. The van der Waals surface area contributed by atoms with Gasteiger partial charge in [-0.05, 0) is 12.8 Å². The zero-order valence-corrected chi connectivity index (χ0v) is 11.0. The van der Waals surface area contributed by atoms with Crippen LogP contribution in [-0.2, 0) is 14.3 Å². The molecule has 2 heterocycles. The van der Waals surface area contributed by atoms with Gasteiger partial charge in [0.05, 0.1) is 5.92 Å². The molecule has 0 aromatic heterocycles. The molecule has 2 fully saturated rings. The lowest BCUT2D eigenvalue weighted by atomic mass is 9.97. The summed E-state index contributed by atoms with van der Waals surface area (Å²) in [6.07, 6.45) is 2.55. The minimum Gasteiger partial charge on any atom is -0.461 e. The Morgan fingerprint density at radius 1 is 1.32 bits per heavy atom. The van der Waals surface area contributed by atoms with Gasteiger partial charge in [0.15, 0.2) is 0 Å². The summed E-state index contributed by atoms with van der Waals surface area (Å²) < 4.78 is 10.3. The van der Waals surface area contributed by atoms with Gasteiger partial charge >= 0.3 is 12.1 Å². The number of carbonyl (C=O) groups is 2. The first-order valence-electron chi connectivity index (χ1n) is 6.64. The molecule has 2 aliphatic heterocycles. The summed E-state index contributed by atoms with van der Waals surface area (Å²) in [5.41, 5.74) is 0. The first kappa shape index (κ1) is 13.9.